The van der Waals surface area contributed by atoms with E-state index in [1.165, 1.54) is 4.90 Å². The van der Waals surface area contributed by atoms with E-state index in [4.69, 9.17) is 17.3 Å². The number of rotatable bonds is 2. The first-order valence-corrected chi connectivity index (χ1v) is 8.40. The molecule has 118 valence electrons. The minimum absolute atomic E-state index is 0.138. The summed E-state index contributed by atoms with van der Waals surface area (Å²) in [6.07, 6.45) is 0. The fourth-order valence-electron chi connectivity index (χ4n) is 2.43. The Hall–Kier alpha value is -1.71. The Kier molecular flexibility index (Phi) is 4.03. The first kappa shape index (κ1) is 16.2. The number of benzene rings is 1. The number of thioether (sulfide) groups is 1. The van der Waals surface area contributed by atoms with Gasteiger partial charge in [0.15, 0.2) is 0 Å². The minimum Gasteiger partial charge on any atom is -0.480 e. The highest BCUT2D eigenvalue weighted by atomic mass is 79.9. The highest BCUT2D eigenvalue weighted by molar-refractivity contribution is 9.10. The lowest BCUT2D eigenvalue weighted by atomic mass is 10.1. The van der Waals surface area contributed by atoms with Crippen LogP contribution in [-0.4, -0.2) is 45.7 Å². The van der Waals surface area contributed by atoms with Gasteiger partial charge in [-0.3, -0.25) is 19.3 Å². The van der Waals surface area contributed by atoms with Crippen molar-refractivity contribution >= 4 is 73.3 Å². The van der Waals surface area contributed by atoms with Crippen LogP contribution < -0.4 is 4.90 Å². The van der Waals surface area contributed by atoms with Gasteiger partial charge in [0.05, 0.1) is 16.2 Å². The standard InChI is InChI=1S/C14H9BrN2O4S2/c1-16-8-3-2-6(15)4-7(8)10(12(16)20)11-13(21)17(5-9(18)19)14(22)23-11/h2-4H,5H2,1H3,(H,18,19). The summed E-state index contributed by atoms with van der Waals surface area (Å²) < 4.78 is 0.914. The lowest BCUT2D eigenvalue weighted by Crippen LogP contribution is -2.33. The SMILES string of the molecule is CN1C(=O)C(=C2SC(=S)N(CC(=O)O)C2=O)c2cc(Br)ccc21. The van der Waals surface area contributed by atoms with Gasteiger partial charge in [-0.15, -0.1) is 0 Å². The third-order valence-corrected chi connectivity index (χ3v) is 5.42. The topological polar surface area (TPSA) is 77.9 Å². The zero-order valence-electron chi connectivity index (χ0n) is 11.7. The van der Waals surface area contributed by atoms with Gasteiger partial charge in [-0.25, -0.2) is 0 Å². The van der Waals surface area contributed by atoms with Crippen LogP contribution in [-0.2, 0) is 14.4 Å². The Labute approximate surface area is 149 Å². The number of amides is 2. The number of carbonyl (C=O) groups excluding carboxylic acids is 2. The Morgan fingerprint density at radius 2 is 2.04 bits per heavy atom. The number of halogens is 1. The van der Waals surface area contributed by atoms with Gasteiger partial charge >= 0.3 is 5.97 Å². The van der Waals surface area contributed by atoms with E-state index in [1.807, 2.05) is 0 Å². The van der Waals surface area contributed by atoms with Crippen LogP contribution >= 0.6 is 39.9 Å². The Morgan fingerprint density at radius 3 is 2.70 bits per heavy atom. The van der Waals surface area contributed by atoms with Gasteiger partial charge in [-0.05, 0) is 18.2 Å². The lowest BCUT2D eigenvalue weighted by molar-refractivity contribution is -0.140. The molecule has 0 radical (unpaired) electrons. The van der Waals surface area contributed by atoms with E-state index in [0.717, 1.165) is 21.1 Å². The molecule has 23 heavy (non-hydrogen) atoms. The molecule has 6 nitrogen and oxygen atoms in total. The molecule has 2 aliphatic rings. The Morgan fingerprint density at radius 1 is 1.35 bits per heavy atom. The van der Waals surface area contributed by atoms with Crippen LogP contribution in [0.2, 0.25) is 0 Å². The smallest absolute Gasteiger partial charge is 0.323 e. The lowest BCUT2D eigenvalue weighted by Gasteiger charge is -2.10. The summed E-state index contributed by atoms with van der Waals surface area (Å²) in [4.78, 5) is 38.5. The third kappa shape index (κ3) is 2.58. The van der Waals surface area contributed by atoms with Crippen LogP contribution in [0.5, 0.6) is 0 Å². The van der Waals surface area contributed by atoms with E-state index < -0.39 is 18.4 Å². The molecular formula is C14H9BrN2O4S2. The van der Waals surface area contributed by atoms with Crippen LogP contribution in [0.15, 0.2) is 27.6 Å². The summed E-state index contributed by atoms with van der Waals surface area (Å²) in [7, 11) is 1.63. The van der Waals surface area contributed by atoms with Crippen LogP contribution in [0.1, 0.15) is 5.56 Å². The maximum Gasteiger partial charge on any atom is 0.323 e. The molecule has 2 heterocycles. The van der Waals surface area contributed by atoms with Crippen molar-refractivity contribution in [3.8, 4) is 0 Å². The van der Waals surface area contributed by atoms with Crippen LogP contribution in [0.3, 0.4) is 0 Å². The van der Waals surface area contributed by atoms with E-state index in [-0.39, 0.29) is 20.7 Å². The molecular weight excluding hydrogens is 404 g/mol. The molecule has 1 aromatic rings. The predicted octanol–water partition coefficient (Wildman–Crippen LogP) is 2.08. The Bertz CT molecular complexity index is 821. The van der Waals surface area contributed by atoms with Crippen molar-refractivity contribution in [1.29, 1.82) is 0 Å². The van der Waals surface area contributed by atoms with Crippen molar-refractivity contribution in [2.24, 2.45) is 0 Å². The quantitative estimate of drug-likeness (QED) is 0.591. The molecule has 1 aromatic carbocycles. The molecule has 1 N–H and O–H groups in total. The van der Waals surface area contributed by atoms with Crippen LogP contribution in [0.4, 0.5) is 5.69 Å². The maximum absolute atomic E-state index is 12.6. The second kappa shape index (κ2) is 5.73. The summed E-state index contributed by atoms with van der Waals surface area (Å²) in [5, 5.41) is 8.89. The summed E-state index contributed by atoms with van der Waals surface area (Å²) in [5.74, 6) is -2.02. The zero-order chi connectivity index (χ0) is 16.9. The van der Waals surface area contributed by atoms with E-state index in [0.29, 0.717) is 11.3 Å². The van der Waals surface area contributed by atoms with Gasteiger partial charge in [0, 0.05) is 17.1 Å². The summed E-state index contributed by atoms with van der Waals surface area (Å²) in [6, 6.07) is 5.35. The van der Waals surface area contributed by atoms with Crippen molar-refractivity contribution in [1.82, 2.24) is 4.90 Å². The summed E-state index contributed by atoms with van der Waals surface area (Å²) in [5.41, 5.74) is 1.58. The third-order valence-electron chi connectivity index (χ3n) is 3.48. The van der Waals surface area contributed by atoms with Gasteiger partial charge < -0.3 is 10.0 Å². The average Bonchev–Trinajstić information content (AvgIpc) is 2.87. The van der Waals surface area contributed by atoms with Gasteiger partial charge in [0.25, 0.3) is 11.8 Å². The van der Waals surface area contributed by atoms with Crippen molar-refractivity contribution in [3.63, 3.8) is 0 Å². The fraction of sp³-hybridized carbons (Fsp3) is 0.143. The number of carboxylic acids is 1. The van der Waals surface area contributed by atoms with Crippen molar-refractivity contribution < 1.29 is 19.5 Å². The number of aliphatic carboxylic acids is 1. The molecule has 0 aromatic heterocycles. The van der Waals surface area contributed by atoms with E-state index in [2.05, 4.69) is 15.9 Å². The normalized spacial score (nSPS) is 20.5. The van der Waals surface area contributed by atoms with Crippen LogP contribution in [0.25, 0.3) is 5.57 Å². The molecule has 2 aliphatic heterocycles. The molecule has 9 heteroatoms. The number of hydrogen-bond donors (Lipinski definition) is 1. The molecule has 3 rings (SSSR count). The highest BCUT2D eigenvalue weighted by Crippen LogP contribution is 2.44. The molecule has 1 saturated heterocycles. The molecule has 0 atom stereocenters. The predicted molar refractivity (Wildman–Crippen MR) is 94.0 cm³/mol. The first-order valence-electron chi connectivity index (χ1n) is 6.39. The van der Waals surface area contributed by atoms with Crippen molar-refractivity contribution in [2.45, 2.75) is 0 Å². The minimum atomic E-state index is -1.16. The van der Waals surface area contributed by atoms with E-state index in [1.54, 1.807) is 25.2 Å². The number of anilines is 1. The number of thiocarbonyl (C=S) groups is 1. The molecule has 2 amide bonds. The second-order valence-corrected chi connectivity index (χ2v) is 7.44. The number of hydrogen-bond acceptors (Lipinski definition) is 5. The molecule has 1 fully saturated rings. The summed E-state index contributed by atoms with van der Waals surface area (Å²) in [6.45, 7) is -0.517. The van der Waals surface area contributed by atoms with Gasteiger partial charge in [-0.1, -0.05) is 39.9 Å². The van der Waals surface area contributed by atoms with Gasteiger partial charge in [0.2, 0.25) is 0 Å². The number of fused-ring (bicyclic) bond motifs is 1. The van der Waals surface area contributed by atoms with Crippen molar-refractivity contribution in [2.75, 3.05) is 18.5 Å². The van der Waals surface area contributed by atoms with Gasteiger partial charge in [-0.2, -0.15) is 0 Å². The molecule has 0 bridgehead atoms. The van der Waals surface area contributed by atoms with Gasteiger partial charge in [0.1, 0.15) is 10.9 Å². The summed E-state index contributed by atoms with van der Waals surface area (Å²) >= 11 is 9.39. The number of carboxylic acid groups (broad SMARTS) is 1. The average molecular weight is 413 g/mol. The second-order valence-electron chi connectivity index (χ2n) is 4.88. The van der Waals surface area contributed by atoms with Crippen molar-refractivity contribution in [3.05, 3.63) is 33.1 Å². The molecule has 0 aliphatic carbocycles. The van der Waals surface area contributed by atoms with E-state index >= 15 is 0 Å². The number of likely N-dealkylation sites (N-methyl/N-ethyl adjacent to an activating group) is 1. The molecule has 0 spiro atoms. The fourth-order valence-corrected chi connectivity index (χ4v) is 4.12. The number of carbonyl (C=O) groups is 3. The largest absolute Gasteiger partial charge is 0.480 e. The zero-order valence-corrected chi connectivity index (χ0v) is 14.9. The molecule has 0 saturated carbocycles. The first-order chi connectivity index (χ1) is 10.8. The highest BCUT2D eigenvalue weighted by Gasteiger charge is 2.41. The number of nitrogens with zero attached hydrogens (tertiary/aromatic N) is 2. The van der Waals surface area contributed by atoms with Crippen LogP contribution in [0, 0.1) is 0 Å². The monoisotopic (exact) mass is 412 g/mol. The maximum atomic E-state index is 12.6. The van der Waals surface area contributed by atoms with E-state index in [9.17, 15) is 14.4 Å². The molecule has 0 unspecified atom stereocenters. The Balaban J connectivity index is 2.14.